The van der Waals surface area contributed by atoms with E-state index in [2.05, 4.69) is 5.32 Å². The fraction of sp³-hybridized carbons (Fsp3) is 0.619. The third-order valence-electron chi connectivity index (χ3n) is 5.90. The predicted molar refractivity (Wildman–Crippen MR) is 98.8 cm³/mol. The number of rotatable bonds is 5. The molecule has 0 radical (unpaired) electrons. The van der Waals surface area contributed by atoms with Crippen LogP contribution in [0.3, 0.4) is 0 Å². The number of hydrogen-bond acceptors (Lipinski definition) is 3. The first-order valence-electron chi connectivity index (χ1n) is 9.80. The Morgan fingerprint density at radius 3 is 2.69 bits per heavy atom. The molecule has 1 unspecified atom stereocenters. The van der Waals surface area contributed by atoms with Gasteiger partial charge in [0.1, 0.15) is 5.60 Å². The van der Waals surface area contributed by atoms with Crippen molar-refractivity contribution in [3.05, 3.63) is 35.4 Å². The third kappa shape index (κ3) is 3.93. The Labute approximate surface area is 155 Å². The second kappa shape index (κ2) is 7.03. The van der Waals surface area contributed by atoms with Crippen LogP contribution in [0.4, 0.5) is 0 Å². The molecule has 1 aliphatic carbocycles. The number of nitrogens with one attached hydrogen (secondary N) is 1. The molecule has 4 rings (SSSR count). The minimum atomic E-state index is -0.159. The van der Waals surface area contributed by atoms with Gasteiger partial charge >= 0.3 is 0 Å². The molecule has 3 fully saturated rings. The van der Waals surface area contributed by atoms with Crippen LogP contribution in [0.2, 0.25) is 0 Å². The molecule has 140 valence electrons. The average molecular weight is 356 g/mol. The number of hydrogen-bond donors (Lipinski definition) is 1. The lowest BCUT2D eigenvalue weighted by Gasteiger charge is -2.52. The first-order chi connectivity index (χ1) is 12.5. The van der Waals surface area contributed by atoms with Gasteiger partial charge in [-0.1, -0.05) is 17.7 Å². The van der Waals surface area contributed by atoms with Gasteiger partial charge in [0.15, 0.2) is 0 Å². The van der Waals surface area contributed by atoms with Crippen molar-refractivity contribution in [2.45, 2.75) is 44.6 Å². The molecule has 0 aromatic heterocycles. The van der Waals surface area contributed by atoms with E-state index >= 15 is 0 Å². The van der Waals surface area contributed by atoms with Crippen LogP contribution in [0.5, 0.6) is 0 Å². The summed E-state index contributed by atoms with van der Waals surface area (Å²) in [6.45, 7) is 4.76. The van der Waals surface area contributed by atoms with Crippen LogP contribution in [0.1, 0.15) is 48.0 Å². The molecule has 1 saturated carbocycles. The molecule has 2 heterocycles. The lowest BCUT2D eigenvalue weighted by atomic mass is 9.82. The topological polar surface area (TPSA) is 58.6 Å². The van der Waals surface area contributed by atoms with Gasteiger partial charge < -0.3 is 15.0 Å². The van der Waals surface area contributed by atoms with Gasteiger partial charge in [-0.2, -0.15) is 0 Å². The summed E-state index contributed by atoms with van der Waals surface area (Å²) in [7, 11) is 0. The minimum absolute atomic E-state index is 0.0948. The minimum Gasteiger partial charge on any atom is -0.371 e. The van der Waals surface area contributed by atoms with Crippen LogP contribution >= 0.6 is 0 Å². The summed E-state index contributed by atoms with van der Waals surface area (Å²) in [5.41, 5.74) is 1.70. The zero-order valence-electron chi connectivity index (χ0n) is 15.5. The van der Waals surface area contributed by atoms with Gasteiger partial charge in [0.2, 0.25) is 5.91 Å². The van der Waals surface area contributed by atoms with Crippen molar-refractivity contribution in [3.8, 4) is 0 Å². The van der Waals surface area contributed by atoms with Crippen molar-refractivity contribution in [1.82, 2.24) is 10.2 Å². The van der Waals surface area contributed by atoms with Crippen LogP contribution in [-0.4, -0.2) is 48.6 Å². The predicted octanol–water partition coefficient (Wildman–Crippen LogP) is 2.53. The van der Waals surface area contributed by atoms with Crippen LogP contribution in [0.25, 0.3) is 0 Å². The van der Waals surface area contributed by atoms with E-state index in [-0.39, 0.29) is 17.4 Å². The van der Waals surface area contributed by atoms with Crippen molar-refractivity contribution in [3.63, 3.8) is 0 Å². The zero-order valence-corrected chi connectivity index (χ0v) is 15.5. The summed E-state index contributed by atoms with van der Waals surface area (Å²) < 4.78 is 6.13. The Morgan fingerprint density at radius 2 is 2.04 bits per heavy atom. The van der Waals surface area contributed by atoms with Crippen molar-refractivity contribution >= 4 is 11.8 Å². The normalized spacial score (nSPS) is 24.2. The van der Waals surface area contributed by atoms with Gasteiger partial charge in [0, 0.05) is 18.5 Å². The standard InChI is InChI=1S/C21H28N2O3/c1-15-3-2-4-18(9-15)20(25)23-13-21(14-23)8-7-17(12-26-21)11-22-19(24)10-16-5-6-16/h2-4,9,16-17H,5-8,10-14H2,1H3,(H,22,24). The molecule has 3 aliphatic rings. The highest BCUT2D eigenvalue weighted by molar-refractivity contribution is 5.95. The molecule has 1 spiro atoms. The largest absolute Gasteiger partial charge is 0.371 e. The molecule has 1 atom stereocenters. The van der Waals surface area contributed by atoms with Crippen molar-refractivity contribution in [2.75, 3.05) is 26.2 Å². The Bertz CT molecular complexity index is 682. The Kier molecular flexibility index (Phi) is 4.74. The maximum atomic E-state index is 12.6. The molecule has 1 aromatic rings. The quantitative estimate of drug-likeness (QED) is 0.882. The fourth-order valence-electron chi connectivity index (χ4n) is 4.00. The van der Waals surface area contributed by atoms with Gasteiger partial charge in [-0.05, 0) is 56.6 Å². The fourth-order valence-corrected chi connectivity index (χ4v) is 4.00. The van der Waals surface area contributed by atoms with E-state index < -0.39 is 0 Å². The summed E-state index contributed by atoms with van der Waals surface area (Å²) in [4.78, 5) is 26.3. The van der Waals surface area contributed by atoms with Gasteiger partial charge in [0.25, 0.3) is 5.91 Å². The molecule has 2 amide bonds. The Hall–Kier alpha value is -1.88. The Balaban J connectivity index is 1.20. The molecule has 5 heteroatoms. The van der Waals surface area contributed by atoms with E-state index in [0.717, 1.165) is 24.0 Å². The highest BCUT2D eigenvalue weighted by Gasteiger charge is 2.48. The number of carbonyl (C=O) groups excluding carboxylic acids is 2. The number of aryl methyl sites for hydroxylation is 1. The van der Waals surface area contributed by atoms with Crippen molar-refractivity contribution < 1.29 is 14.3 Å². The first-order valence-corrected chi connectivity index (χ1v) is 9.80. The molecule has 2 aliphatic heterocycles. The Morgan fingerprint density at radius 1 is 1.23 bits per heavy atom. The highest BCUT2D eigenvalue weighted by atomic mass is 16.5. The zero-order chi connectivity index (χ0) is 18.1. The van der Waals surface area contributed by atoms with Crippen molar-refractivity contribution in [2.24, 2.45) is 11.8 Å². The first kappa shape index (κ1) is 17.5. The van der Waals surface area contributed by atoms with Crippen LogP contribution in [0.15, 0.2) is 24.3 Å². The van der Waals surface area contributed by atoms with E-state index in [9.17, 15) is 9.59 Å². The monoisotopic (exact) mass is 356 g/mol. The number of nitrogens with zero attached hydrogens (tertiary/aromatic N) is 1. The number of carbonyl (C=O) groups is 2. The van der Waals surface area contributed by atoms with E-state index in [1.54, 1.807) is 0 Å². The van der Waals surface area contributed by atoms with Crippen LogP contribution in [-0.2, 0) is 9.53 Å². The second-order valence-electron chi connectivity index (χ2n) is 8.38. The lowest BCUT2D eigenvalue weighted by molar-refractivity contribution is -0.166. The summed E-state index contributed by atoms with van der Waals surface area (Å²) in [5, 5.41) is 3.06. The summed E-state index contributed by atoms with van der Waals surface area (Å²) in [6.07, 6.45) is 5.12. The van der Waals surface area contributed by atoms with Crippen molar-refractivity contribution in [1.29, 1.82) is 0 Å². The van der Waals surface area contributed by atoms with Gasteiger partial charge in [-0.3, -0.25) is 9.59 Å². The van der Waals surface area contributed by atoms with Gasteiger partial charge in [-0.15, -0.1) is 0 Å². The molecule has 2 saturated heterocycles. The summed E-state index contributed by atoms with van der Waals surface area (Å²) in [5.74, 6) is 1.31. The maximum absolute atomic E-state index is 12.6. The van der Waals surface area contributed by atoms with Crippen LogP contribution < -0.4 is 5.32 Å². The molecular formula is C21H28N2O3. The molecular weight excluding hydrogens is 328 g/mol. The molecule has 5 nitrogen and oxygen atoms in total. The van der Waals surface area contributed by atoms with Gasteiger partial charge in [-0.25, -0.2) is 0 Å². The third-order valence-corrected chi connectivity index (χ3v) is 5.90. The molecule has 0 bridgehead atoms. The average Bonchev–Trinajstić information content (AvgIpc) is 3.42. The number of amides is 2. The smallest absolute Gasteiger partial charge is 0.254 e. The highest BCUT2D eigenvalue weighted by Crippen LogP contribution is 2.36. The van der Waals surface area contributed by atoms with Crippen LogP contribution in [0, 0.1) is 18.8 Å². The SMILES string of the molecule is Cc1cccc(C(=O)N2CC3(CCC(CNC(=O)CC4CC4)CO3)C2)c1. The van der Waals surface area contributed by atoms with E-state index in [1.165, 1.54) is 12.8 Å². The molecule has 26 heavy (non-hydrogen) atoms. The lowest BCUT2D eigenvalue weighted by Crippen LogP contribution is -2.66. The van der Waals surface area contributed by atoms with E-state index in [1.807, 2.05) is 36.1 Å². The van der Waals surface area contributed by atoms with Gasteiger partial charge in [0.05, 0.1) is 19.7 Å². The molecule has 1 aromatic carbocycles. The van der Waals surface area contributed by atoms with E-state index in [4.69, 9.17) is 4.74 Å². The number of benzene rings is 1. The number of ether oxygens (including phenoxy) is 1. The molecule has 1 N–H and O–H groups in total. The maximum Gasteiger partial charge on any atom is 0.254 e. The second-order valence-corrected chi connectivity index (χ2v) is 8.38. The summed E-state index contributed by atoms with van der Waals surface area (Å²) in [6, 6.07) is 7.75. The number of likely N-dealkylation sites (tertiary alicyclic amines) is 1. The summed E-state index contributed by atoms with van der Waals surface area (Å²) >= 11 is 0. The van der Waals surface area contributed by atoms with E-state index in [0.29, 0.717) is 44.5 Å².